The molecule has 0 aliphatic carbocycles. The molecule has 0 fully saturated rings. The van der Waals surface area contributed by atoms with E-state index in [1.54, 1.807) is 12.1 Å². The van der Waals surface area contributed by atoms with Crippen molar-refractivity contribution in [1.29, 1.82) is 0 Å². The number of ether oxygens (including phenoxy) is 1. The minimum absolute atomic E-state index is 0.0905. The summed E-state index contributed by atoms with van der Waals surface area (Å²) in [6.07, 6.45) is 0. The first-order valence-corrected chi connectivity index (χ1v) is 6.50. The molecule has 4 heteroatoms. The molecule has 1 N–H and O–H groups in total. The number of rotatable bonds is 2. The lowest BCUT2D eigenvalue weighted by atomic mass is 10.1. The Morgan fingerprint density at radius 1 is 1.21 bits per heavy atom. The maximum atomic E-state index is 12.2. The van der Waals surface area contributed by atoms with Crippen LogP contribution in [0.5, 0.6) is 5.75 Å². The molecule has 2 aromatic rings. The van der Waals surface area contributed by atoms with Crippen molar-refractivity contribution in [3.8, 4) is 5.75 Å². The Balaban J connectivity index is 1.78. The number of thiol groups is 1. The van der Waals surface area contributed by atoms with Crippen LogP contribution in [0.4, 0.5) is 0 Å². The zero-order valence-electron chi connectivity index (χ0n) is 10.2. The van der Waals surface area contributed by atoms with E-state index in [9.17, 15) is 4.79 Å². The third-order valence-corrected chi connectivity index (χ3v) is 3.39. The highest BCUT2D eigenvalue weighted by atomic mass is 32.1. The fraction of sp³-hybridized carbons (Fsp3) is 0.133. The molecule has 1 atom stereocenters. The number of benzene rings is 2. The zero-order valence-corrected chi connectivity index (χ0v) is 11.1. The van der Waals surface area contributed by atoms with Crippen molar-refractivity contribution in [3.63, 3.8) is 0 Å². The van der Waals surface area contributed by atoms with E-state index in [-0.39, 0.29) is 11.9 Å². The van der Waals surface area contributed by atoms with Gasteiger partial charge in [-0.1, -0.05) is 24.3 Å². The van der Waals surface area contributed by atoms with E-state index in [1.807, 2.05) is 36.4 Å². The number of carbonyl (C=O) groups excluding carboxylic acids is 1. The van der Waals surface area contributed by atoms with Gasteiger partial charge in [0.05, 0.1) is 6.04 Å². The fourth-order valence-electron chi connectivity index (χ4n) is 2.17. The van der Waals surface area contributed by atoms with Gasteiger partial charge in [-0.25, -0.2) is 0 Å². The first-order valence-electron chi connectivity index (χ1n) is 6.05. The molecule has 1 unspecified atom stereocenters. The average molecular weight is 271 g/mol. The van der Waals surface area contributed by atoms with Crippen LogP contribution in [0.3, 0.4) is 0 Å². The number of fused-ring (bicyclic) bond motifs is 1. The summed E-state index contributed by atoms with van der Waals surface area (Å²) < 4.78 is 5.54. The highest BCUT2D eigenvalue weighted by Crippen LogP contribution is 2.31. The molecule has 0 spiro atoms. The van der Waals surface area contributed by atoms with Gasteiger partial charge in [0.1, 0.15) is 12.4 Å². The Kier molecular flexibility index (Phi) is 3.17. The number of para-hydroxylation sites is 1. The maximum Gasteiger partial charge on any atom is 0.251 e. The summed E-state index contributed by atoms with van der Waals surface area (Å²) in [5.41, 5.74) is 1.63. The predicted octanol–water partition coefficient (Wildman–Crippen LogP) is 2.84. The SMILES string of the molecule is O=C(NC1COc2ccccc21)c1cccc(S)c1. The molecule has 1 aliphatic heterocycles. The second kappa shape index (κ2) is 4.97. The summed E-state index contributed by atoms with van der Waals surface area (Å²) in [7, 11) is 0. The van der Waals surface area contributed by atoms with E-state index in [4.69, 9.17) is 4.74 Å². The van der Waals surface area contributed by atoms with Crippen molar-refractivity contribution in [1.82, 2.24) is 5.32 Å². The summed E-state index contributed by atoms with van der Waals surface area (Å²) in [5, 5.41) is 2.98. The number of hydrogen-bond acceptors (Lipinski definition) is 3. The van der Waals surface area contributed by atoms with Gasteiger partial charge in [0.25, 0.3) is 5.91 Å². The molecular weight excluding hydrogens is 258 g/mol. The van der Waals surface area contributed by atoms with Gasteiger partial charge in [-0.05, 0) is 24.3 Å². The van der Waals surface area contributed by atoms with Crippen molar-refractivity contribution in [2.45, 2.75) is 10.9 Å². The summed E-state index contributed by atoms with van der Waals surface area (Å²) in [6, 6.07) is 14.8. The monoisotopic (exact) mass is 271 g/mol. The molecule has 2 aromatic carbocycles. The molecule has 0 bridgehead atoms. The van der Waals surface area contributed by atoms with Gasteiger partial charge in [0.2, 0.25) is 0 Å². The first kappa shape index (κ1) is 12.1. The number of nitrogens with one attached hydrogen (secondary N) is 1. The minimum Gasteiger partial charge on any atom is -0.491 e. The van der Waals surface area contributed by atoms with Crippen molar-refractivity contribution in [2.75, 3.05) is 6.61 Å². The number of carbonyl (C=O) groups is 1. The lowest BCUT2D eigenvalue weighted by molar-refractivity contribution is 0.0930. The Morgan fingerprint density at radius 3 is 2.89 bits per heavy atom. The molecule has 1 aliphatic rings. The van der Waals surface area contributed by atoms with Gasteiger partial charge in [-0.15, -0.1) is 12.6 Å². The van der Waals surface area contributed by atoms with Crippen LogP contribution in [0.25, 0.3) is 0 Å². The maximum absolute atomic E-state index is 12.2. The van der Waals surface area contributed by atoms with E-state index >= 15 is 0 Å². The van der Waals surface area contributed by atoms with Crippen molar-refractivity contribution in [2.24, 2.45) is 0 Å². The third kappa shape index (κ3) is 2.44. The molecule has 0 radical (unpaired) electrons. The first-order chi connectivity index (χ1) is 9.24. The van der Waals surface area contributed by atoms with Gasteiger partial charge in [0, 0.05) is 16.0 Å². The second-order valence-electron chi connectivity index (χ2n) is 4.43. The van der Waals surface area contributed by atoms with E-state index < -0.39 is 0 Å². The molecule has 1 amide bonds. The third-order valence-electron chi connectivity index (χ3n) is 3.11. The normalized spacial score (nSPS) is 16.6. The molecule has 0 saturated heterocycles. The smallest absolute Gasteiger partial charge is 0.251 e. The van der Waals surface area contributed by atoms with Crippen LogP contribution in [0.2, 0.25) is 0 Å². The molecule has 3 nitrogen and oxygen atoms in total. The number of amides is 1. The van der Waals surface area contributed by atoms with Gasteiger partial charge in [-0.3, -0.25) is 4.79 Å². The van der Waals surface area contributed by atoms with Crippen LogP contribution in [0.15, 0.2) is 53.4 Å². The summed E-state index contributed by atoms with van der Waals surface area (Å²) in [6.45, 7) is 0.478. The fourth-order valence-corrected chi connectivity index (χ4v) is 2.40. The Morgan fingerprint density at radius 2 is 2.05 bits per heavy atom. The minimum atomic E-state index is -0.110. The van der Waals surface area contributed by atoms with Crippen molar-refractivity contribution in [3.05, 3.63) is 59.7 Å². The highest BCUT2D eigenvalue weighted by Gasteiger charge is 2.25. The molecule has 19 heavy (non-hydrogen) atoms. The average Bonchev–Trinajstić information content (AvgIpc) is 2.82. The Hall–Kier alpha value is -1.94. The second-order valence-corrected chi connectivity index (χ2v) is 4.94. The summed E-state index contributed by atoms with van der Waals surface area (Å²) in [5.74, 6) is 0.733. The summed E-state index contributed by atoms with van der Waals surface area (Å²) >= 11 is 4.24. The van der Waals surface area contributed by atoms with Gasteiger partial charge in [0.15, 0.2) is 0 Å². The predicted molar refractivity (Wildman–Crippen MR) is 75.8 cm³/mol. The van der Waals surface area contributed by atoms with Gasteiger partial charge >= 0.3 is 0 Å². The van der Waals surface area contributed by atoms with Crippen LogP contribution in [-0.2, 0) is 0 Å². The highest BCUT2D eigenvalue weighted by molar-refractivity contribution is 7.80. The van der Waals surface area contributed by atoms with Crippen molar-refractivity contribution >= 4 is 18.5 Å². The van der Waals surface area contributed by atoms with Gasteiger partial charge in [-0.2, -0.15) is 0 Å². The van der Waals surface area contributed by atoms with Crippen LogP contribution in [0.1, 0.15) is 22.0 Å². The molecule has 0 aromatic heterocycles. The van der Waals surface area contributed by atoms with E-state index in [0.717, 1.165) is 16.2 Å². The number of hydrogen-bond donors (Lipinski definition) is 2. The summed E-state index contributed by atoms with van der Waals surface area (Å²) in [4.78, 5) is 12.9. The van der Waals surface area contributed by atoms with Crippen LogP contribution in [-0.4, -0.2) is 12.5 Å². The quantitative estimate of drug-likeness (QED) is 0.824. The lowest BCUT2D eigenvalue weighted by Gasteiger charge is -2.11. The molecule has 3 rings (SSSR count). The molecule has 96 valence electrons. The van der Waals surface area contributed by atoms with Crippen LogP contribution >= 0.6 is 12.6 Å². The largest absolute Gasteiger partial charge is 0.491 e. The standard InChI is InChI=1S/C15H13NO2S/c17-15(10-4-3-5-11(19)8-10)16-13-9-18-14-7-2-1-6-12(13)14/h1-8,13,19H,9H2,(H,16,17). The molecule has 1 heterocycles. The zero-order chi connectivity index (χ0) is 13.2. The Bertz CT molecular complexity index is 627. The molecular formula is C15H13NO2S. The van der Waals surface area contributed by atoms with E-state index in [1.165, 1.54) is 0 Å². The Labute approximate surface area is 117 Å². The lowest BCUT2D eigenvalue weighted by Crippen LogP contribution is -2.29. The topological polar surface area (TPSA) is 38.3 Å². The van der Waals surface area contributed by atoms with Gasteiger partial charge < -0.3 is 10.1 Å². The van der Waals surface area contributed by atoms with E-state index in [2.05, 4.69) is 17.9 Å². The van der Waals surface area contributed by atoms with E-state index in [0.29, 0.717) is 12.2 Å². The van der Waals surface area contributed by atoms with Crippen LogP contribution in [0, 0.1) is 0 Å². The van der Waals surface area contributed by atoms with Crippen LogP contribution < -0.4 is 10.1 Å². The van der Waals surface area contributed by atoms with Crippen molar-refractivity contribution < 1.29 is 9.53 Å². The molecule has 0 saturated carbocycles.